The molecule has 0 aliphatic heterocycles. The molecule has 0 heterocycles. The number of nitrogens with one attached hydrogen (secondary N) is 2. The standard InChI is InChI=1S/C21H34N4O2.HI/c1-22-21(23-13-7-11-17-8-4-5-9-17)24-15-18-10-6-12-19(14-18)27-16-20(26)25(2)3;/h6,10,12,14,17H,4-5,7-9,11,13,15-16H2,1-3H3,(H2,22,23,24);1H. The molecule has 7 heteroatoms. The van der Waals surface area contributed by atoms with Crippen LogP contribution in [0.15, 0.2) is 29.3 Å². The van der Waals surface area contributed by atoms with Crippen molar-refractivity contribution in [1.82, 2.24) is 15.5 Å². The van der Waals surface area contributed by atoms with E-state index in [1.807, 2.05) is 24.3 Å². The number of carbonyl (C=O) groups excluding carboxylic acids is 1. The predicted octanol–water partition coefficient (Wildman–Crippen LogP) is 3.41. The Morgan fingerprint density at radius 3 is 2.68 bits per heavy atom. The second-order valence-corrected chi connectivity index (χ2v) is 7.37. The number of rotatable bonds is 9. The van der Waals surface area contributed by atoms with Gasteiger partial charge in [-0.05, 0) is 36.5 Å². The van der Waals surface area contributed by atoms with Gasteiger partial charge in [-0.2, -0.15) is 0 Å². The zero-order valence-electron chi connectivity index (χ0n) is 17.4. The third kappa shape index (κ3) is 9.12. The molecular formula is C21H35IN4O2. The Kier molecular flexibility index (Phi) is 11.9. The first kappa shape index (κ1) is 24.5. The first-order chi connectivity index (χ1) is 13.1. The van der Waals surface area contributed by atoms with Crippen LogP contribution in [-0.4, -0.2) is 51.1 Å². The van der Waals surface area contributed by atoms with Crippen LogP contribution in [0.3, 0.4) is 0 Å². The van der Waals surface area contributed by atoms with Crippen molar-refractivity contribution in [3.05, 3.63) is 29.8 Å². The molecule has 1 aromatic rings. The van der Waals surface area contributed by atoms with Crippen molar-refractivity contribution >= 4 is 35.8 Å². The third-order valence-corrected chi connectivity index (χ3v) is 5.00. The van der Waals surface area contributed by atoms with E-state index in [-0.39, 0.29) is 36.5 Å². The molecule has 0 radical (unpaired) electrons. The van der Waals surface area contributed by atoms with Crippen LogP contribution in [0.5, 0.6) is 5.75 Å². The van der Waals surface area contributed by atoms with Crippen LogP contribution in [-0.2, 0) is 11.3 Å². The number of guanidine groups is 1. The summed E-state index contributed by atoms with van der Waals surface area (Å²) in [5, 5.41) is 6.72. The third-order valence-electron chi connectivity index (χ3n) is 5.00. The number of hydrogen-bond donors (Lipinski definition) is 2. The molecule has 1 fully saturated rings. The summed E-state index contributed by atoms with van der Waals surface area (Å²) in [6.45, 7) is 1.65. The first-order valence-corrected chi connectivity index (χ1v) is 9.95. The number of hydrogen-bond acceptors (Lipinski definition) is 3. The maximum Gasteiger partial charge on any atom is 0.259 e. The Morgan fingerprint density at radius 2 is 2.00 bits per heavy atom. The lowest BCUT2D eigenvalue weighted by Crippen LogP contribution is -2.37. The molecule has 158 valence electrons. The molecule has 1 aromatic carbocycles. The molecule has 0 atom stereocenters. The number of nitrogens with zero attached hydrogens (tertiary/aromatic N) is 2. The Morgan fingerprint density at radius 1 is 1.25 bits per heavy atom. The topological polar surface area (TPSA) is 66.0 Å². The molecule has 0 spiro atoms. The molecule has 1 aliphatic carbocycles. The maximum absolute atomic E-state index is 11.6. The van der Waals surface area contributed by atoms with Gasteiger partial charge in [-0.25, -0.2) is 0 Å². The van der Waals surface area contributed by atoms with Crippen molar-refractivity contribution in [3.8, 4) is 5.75 Å². The van der Waals surface area contributed by atoms with E-state index < -0.39 is 0 Å². The number of benzene rings is 1. The molecule has 28 heavy (non-hydrogen) atoms. The molecule has 0 aromatic heterocycles. The van der Waals surface area contributed by atoms with Gasteiger partial charge < -0.3 is 20.3 Å². The van der Waals surface area contributed by atoms with Crippen molar-refractivity contribution in [1.29, 1.82) is 0 Å². The van der Waals surface area contributed by atoms with Crippen LogP contribution < -0.4 is 15.4 Å². The largest absolute Gasteiger partial charge is 0.484 e. The second-order valence-electron chi connectivity index (χ2n) is 7.37. The van der Waals surface area contributed by atoms with E-state index >= 15 is 0 Å². The van der Waals surface area contributed by atoms with Crippen molar-refractivity contribution in [2.75, 3.05) is 34.3 Å². The molecule has 0 bridgehead atoms. The Hall–Kier alpha value is -1.51. The van der Waals surface area contributed by atoms with Crippen LogP contribution in [0.2, 0.25) is 0 Å². The Labute approximate surface area is 186 Å². The average molecular weight is 502 g/mol. The van der Waals surface area contributed by atoms with Gasteiger partial charge in [0.1, 0.15) is 5.75 Å². The van der Waals surface area contributed by atoms with Crippen molar-refractivity contribution in [2.24, 2.45) is 10.9 Å². The summed E-state index contributed by atoms with van der Waals surface area (Å²) in [4.78, 5) is 17.4. The Bertz CT molecular complexity index is 616. The lowest BCUT2D eigenvalue weighted by Gasteiger charge is -2.14. The highest BCUT2D eigenvalue weighted by Crippen LogP contribution is 2.28. The molecule has 1 aliphatic rings. The van der Waals surface area contributed by atoms with Gasteiger partial charge in [0, 0.05) is 34.2 Å². The van der Waals surface area contributed by atoms with Gasteiger partial charge in [0.05, 0.1) is 0 Å². The molecule has 2 N–H and O–H groups in total. The highest BCUT2D eigenvalue weighted by atomic mass is 127. The van der Waals surface area contributed by atoms with Gasteiger partial charge in [-0.3, -0.25) is 9.79 Å². The van der Waals surface area contributed by atoms with Gasteiger partial charge in [0.15, 0.2) is 12.6 Å². The molecule has 1 saturated carbocycles. The van der Waals surface area contributed by atoms with Crippen LogP contribution in [0.1, 0.15) is 44.1 Å². The minimum atomic E-state index is -0.0549. The molecule has 0 unspecified atom stereocenters. The predicted molar refractivity (Wildman–Crippen MR) is 125 cm³/mol. The van der Waals surface area contributed by atoms with Crippen LogP contribution >= 0.6 is 24.0 Å². The highest BCUT2D eigenvalue weighted by molar-refractivity contribution is 14.0. The zero-order chi connectivity index (χ0) is 19.5. The van der Waals surface area contributed by atoms with E-state index in [1.54, 1.807) is 21.1 Å². The number of aliphatic imine (C=N–C) groups is 1. The average Bonchev–Trinajstić information content (AvgIpc) is 3.19. The van der Waals surface area contributed by atoms with Crippen molar-refractivity contribution < 1.29 is 9.53 Å². The summed E-state index contributed by atoms with van der Waals surface area (Å²) in [6, 6.07) is 7.77. The quantitative estimate of drug-likeness (QED) is 0.235. The zero-order valence-corrected chi connectivity index (χ0v) is 19.7. The van der Waals surface area contributed by atoms with E-state index in [2.05, 4.69) is 15.6 Å². The number of likely N-dealkylation sites (N-methyl/N-ethyl adjacent to an activating group) is 1. The molecular weight excluding hydrogens is 467 g/mol. The van der Waals surface area contributed by atoms with E-state index in [0.717, 1.165) is 24.0 Å². The summed E-state index contributed by atoms with van der Waals surface area (Å²) >= 11 is 0. The summed E-state index contributed by atoms with van der Waals surface area (Å²) in [7, 11) is 5.23. The Balaban J connectivity index is 0.00000392. The maximum atomic E-state index is 11.6. The van der Waals surface area contributed by atoms with Crippen LogP contribution in [0, 0.1) is 5.92 Å². The van der Waals surface area contributed by atoms with Crippen molar-refractivity contribution in [3.63, 3.8) is 0 Å². The molecule has 6 nitrogen and oxygen atoms in total. The fraction of sp³-hybridized carbons (Fsp3) is 0.619. The molecule has 0 saturated heterocycles. The number of carbonyl (C=O) groups is 1. The van der Waals surface area contributed by atoms with Crippen LogP contribution in [0.25, 0.3) is 0 Å². The van der Waals surface area contributed by atoms with E-state index in [4.69, 9.17) is 4.74 Å². The summed E-state index contributed by atoms with van der Waals surface area (Å²) in [5.74, 6) is 2.39. The lowest BCUT2D eigenvalue weighted by molar-refractivity contribution is -0.130. The normalized spacial score (nSPS) is 14.3. The summed E-state index contributed by atoms with van der Waals surface area (Å²) < 4.78 is 5.57. The second kappa shape index (κ2) is 13.6. The fourth-order valence-electron chi connectivity index (χ4n) is 3.32. The van der Waals surface area contributed by atoms with Gasteiger partial charge >= 0.3 is 0 Å². The van der Waals surface area contributed by atoms with E-state index in [1.165, 1.54) is 43.4 Å². The number of halogens is 1. The molecule has 2 rings (SSSR count). The van der Waals surface area contributed by atoms with Gasteiger partial charge in [-0.15, -0.1) is 24.0 Å². The monoisotopic (exact) mass is 502 g/mol. The smallest absolute Gasteiger partial charge is 0.259 e. The van der Waals surface area contributed by atoms with Gasteiger partial charge in [-0.1, -0.05) is 37.8 Å². The fourth-order valence-corrected chi connectivity index (χ4v) is 3.32. The van der Waals surface area contributed by atoms with Gasteiger partial charge in [0.25, 0.3) is 5.91 Å². The summed E-state index contributed by atoms with van der Waals surface area (Å²) in [5.41, 5.74) is 1.08. The van der Waals surface area contributed by atoms with Crippen molar-refractivity contribution in [2.45, 2.75) is 45.1 Å². The van der Waals surface area contributed by atoms with Crippen LogP contribution in [0.4, 0.5) is 0 Å². The number of amides is 1. The van der Waals surface area contributed by atoms with E-state index in [9.17, 15) is 4.79 Å². The number of ether oxygens (including phenoxy) is 1. The first-order valence-electron chi connectivity index (χ1n) is 9.95. The SMILES string of the molecule is CN=C(NCCCC1CCCC1)NCc1cccc(OCC(=O)N(C)C)c1.I. The molecule has 1 amide bonds. The minimum absolute atomic E-state index is 0. The van der Waals surface area contributed by atoms with Gasteiger partial charge in [0.2, 0.25) is 0 Å². The highest BCUT2D eigenvalue weighted by Gasteiger charge is 2.14. The lowest BCUT2D eigenvalue weighted by atomic mass is 10.0. The van der Waals surface area contributed by atoms with E-state index in [0.29, 0.717) is 12.3 Å². The summed E-state index contributed by atoms with van der Waals surface area (Å²) in [6.07, 6.45) is 8.14. The minimum Gasteiger partial charge on any atom is -0.484 e.